The summed E-state index contributed by atoms with van der Waals surface area (Å²) >= 11 is 2.86. The second kappa shape index (κ2) is 10.6. The van der Waals surface area contributed by atoms with Gasteiger partial charge in [0.05, 0.1) is 11.8 Å². The first-order valence-corrected chi connectivity index (χ1v) is 12.3. The van der Waals surface area contributed by atoms with Gasteiger partial charge in [0.1, 0.15) is 29.9 Å². The average Bonchev–Trinajstić information content (AvgIpc) is 3.29. The number of carbonyl (C=O) groups excluding carboxylic acids is 1. The van der Waals surface area contributed by atoms with Gasteiger partial charge in [0.25, 0.3) is 0 Å². The lowest BCUT2D eigenvalue weighted by Gasteiger charge is -2.36. The van der Waals surface area contributed by atoms with E-state index in [0.717, 1.165) is 17.0 Å². The van der Waals surface area contributed by atoms with Gasteiger partial charge in [0.15, 0.2) is 5.78 Å². The van der Waals surface area contributed by atoms with Crippen molar-refractivity contribution in [3.05, 3.63) is 77.9 Å². The van der Waals surface area contributed by atoms with Gasteiger partial charge in [-0.25, -0.2) is 18.4 Å². The summed E-state index contributed by atoms with van der Waals surface area (Å²) in [5, 5.41) is 14.6. The predicted octanol–water partition coefficient (Wildman–Crippen LogP) is 4.95. The molecule has 3 atom stereocenters. The van der Waals surface area contributed by atoms with E-state index in [9.17, 15) is 18.7 Å². The Labute approximate surface area is 194 Å². The molecule has 1 aromatic heterocycles. The van der Waals surface area contributed by atoms with Crippen molar-refractivity contribution in [1.82, 2.24) is 14.8 Å². The van der Waals surface area contributed by atoms with Crippen molar-refractivity contribution >= 4 is 29.3 Å². The number of Topliss-reactive ketones (excluding diaryl/α,β-unsaturated/α-hetero) is 1. The normalized spacial score (nSPS) is 15.2. The van der Waals surface area contributed by atoms with Crippen LogP contribution in [-0.4, -0.2) is 42.4 Å². The van der Waals surface area contributed by atoms with Crippen LogP contribution in [0.25, 0.3) is 0 Å². The van der Waals surface area contributed by atoms with Crippen molar-refractivity contribution in [1.29, 1.82) is 0 Å². The molecular formula is C23H25F2N3O2S2. The standard InChI is InChI=1S/C23H25F2N3O2S2/c1-4-21(22(29)16-5-8-18(31-3)9-6-16)32-15(2)23(30,12-28-14-26-13-27-28)19-10-7-17(24)11-20(19)25/h5-11,13-15,21,30H,4,12H2,1-3H3/t15-,21?,23-/m1/s1. The van der Waals surface area contributed by atoms with Crippen molar-refractivity contribution in [2.75, 3.05) is 6.26 Å². The molecule has 0 amide bonds. The Morgan fingerprint density at radius 2 is 1.94 bits per heavy atom. The molecular weight excluding hydrogens is 452 g/mol. The molecule has 1 unspecified atom stereocenters. The number of aliphatic hydroxyl groups is 1. The molecule has 0 saturated carbocycles. The number of thioether (sulfide) groups is 2. The summed E-state index contributed by atoms with van der Waals surface area (Å²) in [5.74, 6) is -1.64. The Hall–Kier alpha value is -2.23. The van der Waals surface area contributed by atoms with Gasteiger partial charge in [0.2, 0.25) is 0 Å². The Morgan fingerprint density at radius 3 is 2.50 bits per heavy atom. The van der Waals surface area contributed by atoms with Gasteiger partial charge >= 0.3 is 0 Å². The highest BCUT2D eigenvalue weighted by atomic mass is 32.2. The van der Waals surface area contributed by atoms with Gasteiger partial charge < -0.3 is 5.11 Å². The minimum atomic E-state index is -1.76. The number of hydrogen-bond acceptors (Lipinski definition) is 6. The van der Waals surface area contributed by atoms with Crippen LogP contribution >= 0.6 is 23.5 Å². The molecule has 2 aromatic carbocycles. The van der Waals surface area contributed by atoms with Crippen LogP contribution in [0.15, 0.2) is 60.0 Å². The van der Waals surface area contributed by atoms with Crippen LogP contribution in [0, 0.1) is 11.6 Å². The van der Waals surface area contributed by atoms with Crippen LogP contribution < -0.4 is 0 Å². The first kappa shape index (κ1) is 24.4. The highest BCUT2D eigenvalue weighted by molar-refractivity contribution is 8.01. The van der Waals surface area contributed by atoms with Gasteiger partial charge in [-0.05, 0) is 30.9 Å². The third-order valence-corrected chi connectivity index (χ3v) is 7.76. The fourth-order valence-corrected chi connectivity index (χ4v) is 5.26. The largest absolute Gasteiger partial charge is 0.382 e. The lowest BCUT2D eigenvalue weighted by molar-refractivity contribution is 0.0132. The molecule has 3 aromatic rings. The summed E-state index contributed by atoms with van der Waals surface area (Å²) in [6.45, 7) is 3.53. The molecule has 0 saturated heterocycles. The number of rotatable bonds is 10. The molecule has 0 fully saturated rings. The van der Waals surface area contributed by atoms with Gasteiger partial charge in [-0.1, -0.05) is 32.0 Å². The topological polar surface area (TPSA) is 68.0 Å². The van der Waals surface area contributed by atoms with E-state index in [1.54, 1.807) is 30.8 Å². The van der Waals surface area contributed by atoms with Gasteiger partial charge in [-0.2, -0.15) is 5.10 Å². The minimum absolute atomic E-state index is 0.0546. The summed E-state index contributed by atoms with van der Waals surface area (Å²) < 4.78 is 29.6. The van der Waals surface area contributed by atoms with Crippen molar-refractivity contribution in [3.8, 4) is 0 Å². The molecule has 1 N–H and O–H groups in total. The molecule has 0 aliphatic rings. The second-order valence-corrected chi connectivity index (χ2v) is 9.84. The van der Waals surface area contributed by atoms with E-state index in [-0.39, 0.29) is 17.9 Å². The van der Waals surface area contributed by atoms with E-state index in [2.05, 4.69) is 10.1 Å². The third-order valence-electron chi connectivity index (χ3n) is 5.35. The molecule has 9 heteroatoms. The van der Waals surface area contributed by atoms with Crippen LogP contribution in [-0.2, 0) is 12.1 Å². The number of benzene rings is 2. The zero-order chi connectivity index (χ0) is 23.3. The van der Waals surface area contributed by atoms with Crippen LogP contribution in [0.1, 0.15) is 36.2 Å². The van der Waals surface area contributed by atoms with Crippen molar-refractivity contribution in [3.63, 3.8) is 0 Å². The summed E-state index contributed by atoms with van der Waals surface area (Å²) in [5.41, 5.74) is -1.23. The first-order valence-electron chi connectivity index (χ1n) is 10.1. The van der Waals surface area contributed by atoms with Gasteiger partial charge in [-0.3, -0.25) is 4.79 Å². The molecule has 0 spiro atoms. The smallest absolute Gasteiger partial charge is 0.175 e. The molecule has 5 nitrogen and oxygen atoms in total. The summed E-state index contributed by atoms with van der Waals surface area (Å²) in [6.07, 6.45) is 5.23. The predicted molar refractivity (Wildman–Crippen MR) is 124 cm³/mol. The second-order valence-electron chi connectivity index (χ2n) is 7.41. The number of nitrogens with zero attached hydrogens (tertiary/aromatic N) is 3. The Bertz CT molecular complexity index is 1050. The van der Waals surface area contributed by atoms with Crippen LogP contribution in [0.5, 0.6) is 0 Å². The molecule has 32 heavy (non-hydrogen) atoms. The van der Waals surface area contributed by atoms with Crippen LogP contribution in [0.4, 0.5) is 8.78 Å². The highest BCUT2D eigenvalue weighted by Gasteiger charge is 2.41. The number of halogens is 2. The monoisotopic (exact) mass is 477 g/mol. The number of aromatic nitrogens is 3. The Kier molecular flexibility index (Phi) is 8.08. The van der Waals surface area contributed by atoms with E-state index in [1.807, 2.05) is 25.3 Å². The van der Waals surface area contributed by atoms with E-state index in [1.165, 1.54) is 35.2 Å². The maximum atomic E-state index is 14.7. The number of hydrogen-bond donors (Lipinski definition) is 1. The van der Waals surface area contributed by atoms with Crippen molar-refractivity contribution < 1.29 is 18.7 Å². The fourth-order valence-electron chi connectivity index (χ4n) is 3.48. The molecule has 0 radical (unpaired) electrons. The Morgan fingerprint density at radius 1 is 1.22 bits per heavy atom. The zero-order valence-electron chi connectivity index (χ0n) is 18.0. The summed E-state index contributed by atoms with van der Waals surface area (Å²) in [6, 6.07) is 10.5. The summed E-state index contributed by atoms with van der Waals surface area (Å²) in [7, 11) is 0. The minimum Gasteiger partial charge on any atom is -0.382 e. The van der Waals surface area contributed by atoms with E-state index in [0.29, 0.717) is 12.0 Å². The molecule has 3 rings (SSSR count). The van der Waals surface area contributed by atoms with E-state index in [4.69, 9.17) is 0 Å². The quantitative estimate of drug-likeness (QED) is 0.329. The van der Waals surface area contributed by atoms with Crippen LogP contribution in [0.3, 0.4) is 0 Å². The first-order chi connectivity index (χ1) is 15.3. The highest BCUT2D eigenvalue weighted by Crippen LogP contribution is 2.39. The molecule has 0 aliphatic carbocycles. The fraction of sp³-hybridized carbons (Fsp3) is 0.348. The maximum absolute atomic E-state index is 14.7. The third kappa shape index (κ3) is 5.39. The molecule has 0 bridgehead atoms. The number of ketones is 1. The molecule has 170 valence electrons. The van der Waals surface area contributed by atoms with E-state index < -0.39 is 27.7 Å². The maximum Gasteiger partial charge on any atom is 0.175 e. The average molecular weight is 478 g/mol. The van der Waals surface area contributed by atoms with Crippen LogP contribution in [0.2, 0.25) is 0 Å². The Balaban J connectivity index is 1.90. The lowest BCUT2D eigenvalue weighted by atomic mass is 9.90. The summed E-state index contributed by atoms with van der Waals surface area (Å²) in [4.78, 5) is 18.1. The van der Waals surface area contributed by atoms with Crippen molar-refractivity contribution in [2.45, 2.75) is 47.8 Å². The SMILES string of the molecule is CCC(S[C@H](C)[C@](O)(Cn1cncn1)c1ccc(F)cc1F)C(=O)c1ccc(SC)cc1. The van der Waals surface area contributed by atoms with E-state index >= 15 is 0 Å². The van der Waals surface area contributed by atoms with Gasteiger partial charge in [-0.15, -0.1) is 23.5 Å². The van der Waals surface area contributed by atoms with Gasteiger partial charge in [0, 0.05) is 27.3 Å². The molecule has 0 aliphatic heterocycles. The zero-order valence-corrected chi connectivity index (χ0v) is 19.7. The number of carbonyl (C=O) groups is 1. The molecule has 1 heterocycles. The lowest BCUT2D eigenvalue weighted by Crippen LogP contribution is -2.42. The van der Waals surface area contributed by atoms with Crippen molar-refractivity contribution in [2.24, 2.45) is 0 Å².